The molecular weight excluding hydrogens is 454 g/mol. The maximum absolute atomic E-state index is 14.2. The molecule has 3 saturated carbocycles. The topological polar surface area (TPSA) is 94.9 Å². The Morgan fingerprint density at radius 2 is 1.78 bits per heavy atom. The van der Waals surface area contributed by atoms with Gasteiger partial charge in [-0.3, -0.25) is 14.4 Å². The summed E-state index contributed by atoms with van der Waals surface area (Å²) in [6, 6.07) is 6.60. The van der Waals surface area contributed by atoms with Gasteiger partial charge in [-0.15, -0.1) is 0 Å². The molecule has 192 valence electrons. The molecule has 1 saturated heterocycles. The van der Waals surface area contributed by atoms with Gasteiger partial charge in [-0.1, -0.05) is 51.0 Å². The summed E-state index contributed by atoms with van der Waals surface area (Å²) in [5.74, 6) is -1.54. The van der Waals surface area contributed by atoms with Gasteiger partial charge in [0, 0.05) is 5.41 Å². The second-order valence-corrected chi connectivity index (χ2v) is 13.0. The van der Waals surface area contributed by atoms with E-state index in [4.69, 9.17) is 0 Å². The van der Waals surface area contributed by atoms with Gasteiger partial charge >= 0.3 is 5.97 Å². The van der Waals surface area contributed by atoms with E-state index in [-0.39, 0.29) is 52.3 Å². The number of imide groups is 1. The first-order valence-electron chi connectivity index (χ1n) is 13.6. The van der Waals surface area contributed by atoms with Gasteiger partial charge in [0.25, 0.3) is 0 Å². The van der Waals surface area contributed by atoms with Crippen molar-refractivity contribution in [3.63, 3.8) is 0 Å². The number of carboxylic acid groups (broad SMARTS) is 1. The molecule has 6 nitrogen and oxygen atoms in total. The van der Waals surface area contributed by atoms with E-state index in [9.17, 15) is 24.6 Å². The molecule has 7 rings (SSSR count). The van der Waals surface area contributed by atoms with Crippen molar-refractivity contribution in [2.24, 2.45) is 51.8 Å². The molecule has 6 heteroatoms. The number of para-hydroxylation sites is 2. The molecule has 2 amide bonds. The molecule has 4 fully saturated rings. The number of carbonyl (C=O) groups excluding carboxylic acids is 2. The summed E-state index contributed by atoms with van der Waals surface area (Å²) in [5, 5.41) is 20.8. The third-order valence-corrected chi connectivity index (χ3v) is 11.3. The number of carbonyl (C=O) groups is 3. The van der Waals surface area contributed by atoms with Crippen LogP contribution in [-0.4, -0.2) is 28.0 Å². The van der Waals surface area contributed by atoms with Crippen LogP contribution < -0.4 is 4.90 Å². The fourth-order valence-corrected chi connectivity index (χ4v) is 9.85. The Morgan fingerprint density at radius 3 is 2.44 bits per heavy atom. The number of hydrogen-bond acceptors (Lipinski definition) is 4. The predicted molar refractivity (Wildman–Crippen MR) is 135 cm³/mol. The summed E-state index contributed by atoms with van der Waals surface area (Å²) >= 11 is 0. The van der Waals surface area contributed by atoms with Gasteiger partial charge in [0.05, 0.1) is 22.9 Å². The normalized spacial score (nSPS) is 43.2. The van der Waals surface area contributed by atoms with E-state index >= 15 is 0 Å². The molecule has 6 aliphatic rings. The second kappa shape index (κ2) is 7.45. The zero-order chi connectivity index (χ0) is 25.8. The van der Waals surface area contributed by atoms with Crippen molar-refractivity contribution < 1.29 is 24.6 Å². The number of anilines is 1. The Morgan fingerprint density at radius 1 is 1.06 bits per heavy atom. The number of amides is 2. The van der Waals surface area contributed by atoms with E-state index in [1.807, 2.05) is 6.92 Å². The van der Waals surface area contributed by atoms with Crippen molar-refractivity contribution in [2.45, 2.75) is 66.2 Å². The van der Waals surface area contributed by atoms with E-state index in [0.717, 1.165) is 32.1 Å². The number of carboxylic acids is 1. The summed E-state index contributed by atoms with van der Waals surface area (Å²) in [6.45, 7) is 8.55. The first-order valence-corrected chi connectivity index (χ1v) is 13.6. The lowest BCUT2D eigenvalue weighted by molar-refractivity contribution is -0.194. The van der Waals surface area contributed by atoms with Crippen LogP contribution in [0.3, 0.4) is 0 Å². The Kier molecular flexibility index (Phi) is 4.92. The lowest BCUT2D eigenvalue weighted by Gasteiger charge is -2.68. The summed E-state index contributed by atoms with van der Waals surface area (Å²) in [6.07, 6.45) is 7.24. The third-order valence-electron chi connectivity index (χ3n) is 11.3. The van der Waals surface area contributed by atoms with E-state index in [1.165, 1.54) is 16.5 Å². The number of phenolic OH excluding ortho intramolecular Hbond substituents is 1. The lowest BCUT2D eigenvalue weighted by Crippen LogP contribution is -2.65. The molecule has 8 atom stereocenters. The Labute approximate surface area is 212 Å². The minimum absolute atomic E-state index is 0.0252. The van der Waals surface area contributed by atoms with E-state index in [1.54, 1.807) is 18.2 Å². The Hall–Kier alpha value is -2.63. The van der Waals surface area contributed by atoms with Crippen LogP contribution in [0.15, 0.2) is 35.9 Å². The van der Waals surface area contributed by atoms with Crippen molar-refractivity contribution in [3.8, 4) is 5.75 Å². The van der Waals surface area contributed by atoms with Crippen LogP contribution in [0.5, 0.6) is 5.75 Å². The number of aromatic hydroxyl groups is 1. The highest BCUT2D eigenvalue weighted by atomic mass is 16.4. The molecule has 1 aromatic rings. The Balaban J connectivity index is 1.50. The smallest absolute Gasteiger partial charge is 0.309 e. The van der Waals surface area contributed by atoms with Crippen molar-refractivity contribution >= 4 is 23.5 Å². The molecule has 2 bridgehead atoms. The first kappa shape index (κ1) is 23.7. The first-order chi connectivity index (χ1) is 17.0. The van der Waals surface area contributed by atoms with Crippen LogP contribution >= 0.6 is 0 Å². The van der Waals surface area contributed by atoms with Gasteiger partial charge in [0.2, 0.25) is 11.8 Å². The number of rotatable bonds is 3. The molecule has 0 unspecified atom stereocenters. The van der Waals surface area contributed by atoms with Gasteiger partial charge in [-0.25, -0.2) is 4.90 Å². The molecule has 1 aromatic carbocycles. The molecule has 36 heavy (non-hydrogen) atoms. The van der Waals surface area contributed by atoms with Crippen molar-refractivity contribution in [2.75, 3.05) is 4.90 Å². The highest BCUT2D eigenvalue weighted by Crippen LogP contribution is 2.74. The quantitative estimate of drug-likeness (QED) is 0.436. The molecule has 5 aliphatic carbocycles. The van der Waals surface area contributed by atoms with Gasteiger partial charge in [-0.05, 0) is 80.2 Å². The minimum atomic E-state index is -0.757. The van der Waals surface area contributed by atoms with Gasteiger partial charge in [0.15, 0.2) is 0 Å². The average molecular weight is 492 g/mol. The number of phenols is 1. The number of hydrogen-bond donors (Lipinski definition) is 2. The monoisotopic (exact) mass is 491 g/mol. The van der Waals surface area contributed by atoms with Crippen LogP contribution in [0.25, 0.3) is 0 Å². The van der Waals surface area contributed by atoms with Gasteiger partial charge in [-0.2, -0.15) is 0 Å². The average Bonchev–Trinajstić information content (AvgIpc) is 3.10. The second-order valence-electron chi connectivity index (χ2n) is 13.0. The third kappa shape index (κ3) is 2.71. The number of nitrogens with zero attached hydrogens (tertiary/aromatic N) is 1. The molecule has 0 radical (unpaired) electrons. The zero-order valence-corrected chi connectivity index (χ0v) is 21.7. The molecule has 1 aliphatic heterocycles. The summed E-state index contributed by atoms with van der Waals surface area (Å²) in [7, 11) is 0. The maximum Gasteiger partial charge on any atom is 0.309 e. The number of aliphatic carboxylic acids is 1. The fourth-order valence-electron chi connectivity index (χ4n) is 9.85. The fraction of sp³-hybridized carbons (Fsp3) is 0.633. The van der Waals surface area contributed by atoms with Crippen LogP contribution in [0.2, 0.25) is 0 Å². The summed E-state index contributed by atoms with van der Waals surface area (Å²) in [4.78, 5) is 41.9. The van der Waals surface area contributed by atoms with Gasteiger partial charge < -0.3 is 10.2 Å². The van der Waals surface area contributed by atoms with Crippen LogP contribution in [-0.2, 0) is 14.4 Å². The zero-order valence-electron chi connectivity index (χ0n) is 21.7. The predicted octanol–water partition coefficient (Wildman–Crippen LogP) is 5.41. The van der Waals surface area contributed by atoms with E-state index in [0.29, 0.717) is 6.42 Å². The number of benzene rings is 1. The number of allylic oxidation sites excluding steroid dienone is 2. The SMILES string of the molecule is CC(C)C1=C[C@@]23CC[C@H]4[C@](C)(CCC[C@@]4(C)C(=O)O)[C@@H]2C[C@H]1[C@@H]1C(=O)N(c2ccccc2O)C(=O)[C@@H]13. The highest BCUT2D eigenvalue weighted by Gasteiger charge is 2.73. The van der Waals surface area contributed by atoms with Crippen molar-refractivity contribution in [3.05, 3.63) is 35.9 Å². The standard InChI is InChI=1S/C30H37NO5/c1-16(2)18-15-30-13-10-21-28(3,11-7-12-29(21,4)27(35)36)22(30)14-17(18)23-24(30)26(34)31(25(23)33)19-8-5-6-9-20(19)32/h5-6,8-9,15-17,21-24,32H,7,10-14H2,1-4H3,(H,35,36)/t17-,21+,22+,23+,24-,28+,29-,30+/m1/s1. The van der Waals surface area contributed by atoms with E-state index in [2.05, 4.69) is 26.8 Å². The number of fused-ring (bicyclic) bond motifs is 1. The van der Waals surface area contributed by atoms with Gasteiger partial charge in [0.1, 0.15) is 5.75 Å². The maximum atomic E-state index is 14.2. The van der Waals surface area contributed by atoms with Crippen LogP contribution in [0.4, 0.5) is 5.69 Å². The molecule has 2 N–H and O–H groups in total. The highest BCUT2D eigenvalue weighted by molar-refractivity contribution is 6.23. The summed E-state index contributed by atoms with van der Waals surface area (Å²) in [5.41, 5.74) is 0.153. The lowest BCUT2D eigenvalue weighted by atomic mass is 9.34. The van der Waals surface area contributed by atoms with E-state index < -0.39 is 28.6 Å². The molecule has 1 heterocycles. The molecular formula is C30H37NO5. The van der Waals surface area contributed by atoms with Crippen molar-refractivity contribution in [1.29, 1.82) is 0 Å². The minimum Gasteiger partial charge on any atom is -0.506 e. The molecule has 1 spiro atoms. The van der Waals surface area contributed by atoms with Crippen LogP contribution in [0, 0.1) is 51.8 Å². The molecule has 0 aromatic heterocycles. The van der Waals surface area contributed by atoms with Crippen molar-refractivity contribution in [1.82, 2.24) is 0 Å². The Bertz CT molecular complexity index is 1200. The van der Waals surface area contributed by atoms with Crippen LogP contribution in [0.1, 0.15) is 66.2 Å². The summed E-state index contributed by atoms with van der Waals surface area (Å²) < 4.78 is 0. The largest absolute Gasteiger partial charge is 0.506 e.